The van der Waals surface area contributed by atoms with Gasteiger partial charge in [0.25, 0.3) is 5.69 Å². The Morgan fingerprint density at radius 2 is 1.95 bits per heavy atom. The van der Waals surface area contributed by atoms with Crippen molar-refractivity contribution >= 4 is 23.5 Å². The van der Waals surface area contributed by atoms with Crippen LogP contribution in [0.5, 0.6) is 0 Å². The van der Waals surface area contributed by atoms with E-state index in [2.05, 4.69) is 0 Å². The van der Waals surface area contributed by atoms with Crippen LogP contribution in [0.1, 0.15) is 33.3 Å². The van der Waals surface area contributed by atoms with Crippen LogP contribution in [0.3, 0.4) is 0 Å². The predicted molar refractivity (Wildman–Crippen MR) is 82.2 cm³/mol. The van der Waals surface area contributed by atoms with Gasteiger partial charge in [-0.15, -0.1) is 0 Å². The summed E-state index contributed by atoms with van der Waals surface area (Å²) in [5, 5.41) is 10.7. The fraction of sp³-hybridized carbons (Fsp3) is 0.375. The van der Waals surface area contributed by atoms with Crippen LogP contribution in [-0.4, -0.2) is 23.3 Å². The van der Waals surface area contributed by atoms with Gasteiger partial charge in [-0.2, -0.15) is 0 Å². The Morgan fingerprint density at radius 3 is 2.45 bits per heavy atom. The molecule has 0 aliphatic carbocycles. The molecule has 22 heavy (non-hydrogen) atoms. The van der Waals surface area contributed by atoms with Gasteiger partial charge in [0, 0.05) is 12.1 Å². The van der Waals surface area contributed by atoms with Gasteiger partial charge in [-0.25, -0.2) is 4.79 Å². The molecule has 6 nitrogen and oxygen atoms in total. The third kappa shape index (κ3) is 5.47. The topological polar surface area (TPSA) is 86.5 Å². The highest BCUT2D eigenvalue weighted by molar-refractivity contribution is 6.19. The Bertz CT molecular complexity index is 626. The zero-order chi connectivity index (χ0) is 16.9. The summed E-state index contributed by atoms with van der Waals surface area (Å²) < 4.78 is 5.12. The molecule has 0 aromatic heterocycles. The van der Waals surface area contributed by atoms with Gasteiger partial charge in [-0.3, -0.25) is 14.9 Å². The molecule has 0 heterocycles. The molecular weight excluding hydrogens is 286 g/mol. The van der Waals surface area contributed by atoms with E-state index in [-0.39, 0.29) is 23.3 Å². The predicted octanol–water partition coefficient (Wildman–Crippen LogP) is 3.16. The van der Waals surface area contributed by atoms with Crippen molar-refractivity contribution in [2.45, 2.75) is 27.7 Å². The van der Waals surface area contributed by atoms with Gasteiger partial charge in [0.1, 0.15) is 5.57 Å². The Kier molecular flexibility index (Phi) is 5.56. The second kappa shape index (κ2) is 6.98. The molecule has 0 bridgehead atoms. The monoisotopic (exact) mass is 305 g/mol. The number of ether oxygens (including phenoxy) is 1. The number of hydrogen-bond acceptors (Lipinski definition) is 5. The lowest BCUT2D eigenvalue weighted by Crippen LogP contribution is -2.21. The van der Waals surface area contributed by atoms with Gasteiger partial charge >= 0.3 is 5.97 Å². The van der Waals surface area contributed by atoms with Gasteiger partial charge < -0.3 is 4.74 Å². The lowest BCUT2D eigenvalue weighted by Gasteiger charge is -2.18. The van der Waals surface area contributed by atoms with Gasteiger partial charge in [0.2, 0.25) is 0 Å². The van der Waals surface area contributed by atoms with Gasteiger partial charge in [0.05, 0.1) is 11.5 Å². The van der Waals surface area contributed by atoms with E-state index in [1.165, 1.54) is 31.2 Å². The number of nitro groups is 1. The minimum atomic E-state index is -0.728. The van der Waals surface area contributed by atoms with Gasteiger partial charge in [0.15, 0.2) is 5.78 Å². The molecule has 0 spiro atoms. The zero-order valence-electron chi connectivity index (χ0n) is 13.1. The van der Waals surface area contributed by atoms with Crippen LogP contribution in [-0.2, 0) is 14.3 Å². The Hall–Kier alpha value is -2.50. The number of ketones is 1. The highest BCUT2D eigenvalue weighted by atomic mass is 16.6. The van der Waals surface area contributed by atoms with E-state index in [9.17, 15) is 19.7 Å². The molecule has 0 unspecified atom stereocenters. The number of benzene rings is 1. The maximum absolute atomic E-state index is 12.0. The number of non-ortho nitro benzene ring substituents is 1. The molecule has 1 aromatic rings. The first-order chi connectivity index (χ1) is 10.1. The summed E-state index contributed by atoms with van der Waals surface area (Å²) in [4.78, 5) is 33.8. The molecule has 0 saturated heterocycles. The normalized spacial score (nSPS) is 11.9. The van der Waals surface area contributed by atoms with Crippen molar-refractivity contribution in [1.82, 2.24) is 0 Å². The largest absolute Gasteiger partial charge is 0.461 e. The van der Waals surface area contributed by atoms with Crippen molar-refractivity contribution in [1.29, 1.82) is 0 Å². The standard InChI is InChI=1S/C16H19NO5/c1-11(18)14(15(19)22-10-16(2,3)4)9-12-6-5-7-13(8-12)17(20)21/h5-9H,10H2,1-4H3. The Morgan fingerprint density at radius 1 is 1.32 bits per heavy atom. The number of Topliss-reactive ketones (excluding diaryl/α,β-unsaturated/α-hetero) is 1. The van der Waals surface area contributed by atoms with Crippen molar-refractivity contribution in [3.63, 3.8) is 0 Å². The van der Waals surface area contributed by atoms with E-state index in [1.54, 1.807) is 6.07 Å². The van der Waals surface area contributed by atoms with Crippen molar-refractivity contribution < 1.29 is 19.2 Å². The molecule has 0 radical (unpaired) electrons. The summed E-state index contributed by atoms with van der Waals surface area (Å²) >= 11 is 0. The van der Waals surface area contributed by atoms with Crippen LogP contribution in [0.15, 0.2) is 29.8 Å². The molecule has 0 N–H and O–H groups in total. The second-order valence-electron chi connectivity index (χ2n) is 6.10. The molecule has 0 amide bonds. The minimum Gasteiger partial charge on any atom is -0.461 e. The van der Waals surface area contributed by atoms with E-state index in [0.29, 0.717) is 5.56 Å². The van der Waals surface area contributed by atoms with Gasteiger partial charge in [-0.05, 0) is 24.0 Å². The molecular formula is C16H19NO5. The summed E-state index contributed by atoms with van der Waals surface area (Å²) in [5.41, 5.74) is -0.0696. The van der Waals surface area contributed by atoms with Crippen LogP contribution in [0.4, 0.5) is 5.69 Å². The number of carbonyl (C=O) groups excluding carboxylic acids is 2. The quantitative estimate of drug-likeness (QED) is 0.208. The van der Waals surface area contributed by atoms with Crippen molar-refractivity contribution in [2.75, 3.05) is 6.61 Å². The van der Waals surface area contributed by atoms with E-state index in [4.69, 9.17) is 4.74 Å². The van der Waals surface area contributed by atoms with E-state index in [0.717, 1.165) is 0 Å². The highest BCUT2D eigenvalue weighted by Gasteiger charge is 2.20. The summed E-state index contributed by atoms with van der Waals surface area (Å²) in [7, 11) is 0. The molecule has 1 rings (SSSR count). The molecule has 0 aliphatic heterocycles. The lowest BCUT2D eigenvalue weighted by atomic mass is 9.98. The average molecular weight is 305 g/mol. The third-order valence-corrected chi connectivity index (χ3v) is 2.63. The van der Waals surface area contributed by atoms with Crippen molar-refractivity contribution in [3.05, 3.63) is 45.5 Å². The summed E-state index contributed by atoms with van der Waals surface area (Å²) in [6, 6.07) is 5.69. The maximum Gasteiger partial charge on any atom is 0.341 e. The first kappa shape index (κ1) is 17.6. The minimum absolute atomic E-state index is 0.111. The first-order valence-electron chi connectivity index (χ1n) is 6.74. The Labute approximate surface area is 128 Å². The van der Waals surface area contributed by atoms with Crippen LogP contribution in [0.25, 0.3) is 6.08 Å². The van der Waals surface area contributed by atoms with Gasteiger partial charge in [-0.1, -0.05) is 32.9 Å². The molecule has 118 valence electrons. The highest BCUT2D eigenvalue weighted by Crippen LogP contribution is 2.18. The van der Waals surface area contributed by atoms with Crippen molar-refractivity contribution in [2.24, 2.45) is 5.41 Å². The van der Waals surface area contributed by atoms with E-state index >= 15 is 0 Å². The number of esters is 1. The number of nitrogens with zero attached hydrogens (tertiary/aromatic N) is 1. The average Bonchev–Trinajstić information content (AvgIpc) is 2.41. The number of nitro benzene ring substituents is 1. The third-order valence-electron chi connectivity index (χ3n) is 2.63. The second-order valence-corrected chi connectivity index (χ2v) is 6.10. The zero-order valence-corrected chi connectivity index (χ0v) is 13.1. The van der Waals surface area contributed by atoms with Crippen LogP contribution in [0, 0.1) is 15.5 Å². The Balaban J connectivity index is 3.05. The SMILES string of the molecule is CC(=O)C(=Cc1cccc([N+](=O)[O-])c1)C(=O)OCC(C)(C)C. The molecule has 1 aromatic carbocycles. The molecule has 0 aliphatic rings. The molecule has 0 atom stereocenters. The summed E-state index contributed by atoms with van der Waals surface area (Å²) in [6.45, 7) is 7.13. The number of rotatable bonds is 5. The lowest BCUT2D eigenvalue weighted by molar-refractivity contribution is -0.384. The molecule has 0 fully saturated rings. The smallest absolute Gasteiger partial charge is 0.341 e. The number of hydrogen-bond donors (Lipinski definition) is 0. The van der Waals surface area contributed by atoms with E-state index < -0.39 is 16.7 Å². The van der Waals surface area contributed by atoms with E-state index in [1.807, 2.05) is 20.8 Å². The van der Waals surface area contributed by atoms with Crippen LogP contribution < -0.4 is 0 Å². The fourth-order valence-corrected chi connectivity index (χ4v) is 1.56. The molecule has 0 saturated carbocycles. The summed E-state index contributed by atoms with van der Waals surface area (Å²) in [5.74, 6) is -1.18. The van der Waals surface area contributed by atoms with Crippen LogP contribution >= 0.6 is 0 Å². The van der Waals surface area contributed by atoms with Crippen molar-refractivity contribution in [3.8, 4) is 0 Å². The molecule has 6 heteroatoms. The fourth-order valence-electron chi connectivity index (χ4n) is 1.56. The first-order valence-corrected chi connectivity index (χ1v) is 6.74. The summed E-state index contributed by atoms with van der Waals surface area (Å²) in [6.07, 6.45) is 1.31. The van der Waals surface area contributed by atoms with Crippen LogP contribution in [0.2, 0.25) is 0 Å². The number of carbonyl (C=O) groups is 2. The maximum atomic E-state index is 12.0.